The molecule has 4 nitrogen and oxygen atoms in total. The van der Waals surface area contributed by atoms with Crippen LogP contribution >= 0.6 is 7.82 Å². The van der Waals surface area contributed by atoms with E-state index in [0.29, 0.717) is 6.92 Å². The van der Waals surface area contributed by atoms with Crippen molar-refractivity contribution in [3.05, 3.63) is 24.3 Å². The number of phosphoric ester groups is 1. The Bertz CT molecular complexity index is 414. The third kappa shape index (κ3) is 2.51. The van der Waals surface area contributed by atoms with Crippen molar-refractivity contribution in [1.82, 2.24) is 0 Å². The number of hydrogen-bond acceptors (Lipinski definition) is 4. The van der Waals surface area contributed by atoms with Crippen LogP contribution in [0.4, 0.5) is 8.78 Å². The molecule has 0 radical (unpaired) electrons. The number of rotatable bonds is 3. The second kappa shape index (κ2) is 3.71. The third-order valence-corrected chi connectivity index (χ3v) is 3.03. The Morgan fingerprint density at radius 1 is 1.31 bits per heavy atom. The van der Waals surface area contributed by atoms with Gasteiger partial charge >= 0.3 is 7.82 Å². The SMILES string of the molecule is CC(F)(F)COP1(=O)Oc2ccccc2O1. The molecule has 1 aromatic carbocycles. The van der Waals surface area contributed by atoms with Crippen molar-refractivity contribution in [3.8, 4) is 11.5 Å². The van der Waals surface area contributed by atoms with E-state index in [2.05, 4.69) is 4.52 Å². The minimum absolute atomic E-state index is 0.227. The van der Waals surface area contributed by atoms with Crippen LogP contribution in [0.25, 0.3) is 0 Å². The van der Waals surface area contributed by atoms with Gasteiger partial charge in [-0.2, -0.15) is 0 Å². The second-order valence-electron chi connectivity index (χ2n) is 3.42. The summed E-state index contributed by atoms with van der Waals surface area (Å²) in [6.45, 7) is -0.360. The van der Waals surface area contributed by atoms with Gasteiger partial charge in [-0.05, 0) is 12.1 Å². The first-order valence-electron chi connectivity index (χ1n) is 4.49. The summed E-state index contributed by atoms with van der Waals surface area (Å²) in [7, 11) is -3.93. The highest BCUT2D eigenvalue weighted by Gasteiger charge is 2.41. The molecule has 0 fully saturated rings. The van der Waals surface area contributed by atoms with E-state index in [1.807, 2.05) is 0 Å². The Kier molecular flexibility index (Phi) is 2.64. The van der Waals surface area contributed by atoms with E-state index in [-0.39, 0.29) is 11.5 Å². The molecule has 0 unspecified atom stereocenters. The zero-order valence-electron chi connectivity index (χ0n) is 8.35. The Morgan fingerprint density at radius 3 is 2.25 bits per heavy atom. The lowest BCUT2D eigenvalue weighted by Gasteiger charge is -2.13. The fourth-order valence-electron chi connectivity index (χ4n) is 1.11. The van der Waals surface area contributed by atoms with Gasteiger partial charge in [0.2, 0.25) is 0 Å². The lowest BCUT2D eigenvalue weighted by atomic mass is 10.3. The van der Waals surface area contributed by atoms with Crippen molar-refractivity contribution in [3.63, 3.8) is 0 Å². The molecule has 0 saturated carbocycles. The lowest BCUT2D eigenvalue weighted by molar-refractivity contribution is -0.0288. The van der Waals surface area contributed by atoms with Gasteiger partial charge < -0.3 is 9.05 Å². The number of fused-ring (bicyclic) bond motifs is 1. The molecular formula is C9H9F2O4P. The van der Waals surface area contributed by atoms with Crippen LogP contribution in [0, 0.1) is 0 Å². The summed E-state index contributed by atoms with van der Waals surface area (Å²) in [5.41, 5.74) is 0. The summed E-state index contributed by atoms with van der Waals surface area (Å²) in [6.07, 6.45) is 0. The van der Waals surface area contributed by atoms with Crippen molar-refractivity contribution in [1.29, 1.82) is 0 Å². The predicted octanol–water partition coefficient (Wildman–Crippen LogP) is 3.24. The van der Waals surface area contributed by atoms with Crippen LogP contribution in [0.1, 0.15) is 6.92 Å². The zero-order valence-corrected chi connectivity index (χ0v) is 9.25. The van der Waals surface area contributed by atoms with Gasteiger partial charge in [0.25, 0.3) is 5.92 Å². The molecule has 16 heavy (non-hydrogen) atoms. The first-order valence-corrected chi connectivity index (χ1v) is 5.95. The fraction of sp³-hybridized carbons (Fsp3) is 0.333. The maximum absolute atomic E-state index is 12.5. The fourth-order valence-corrected chi connectivity index (χ4v) is 2.42. The molecular weight excluding hydrogens is 241 g/mol. The summed E-state index contributed by atoms with van der Waals surface area (Å²) < 4.78 is 51.0. The van der Waals surface area contributed by atoms with Gasteiger partial charge in [0.05, 0.1) is 0 Å². The topological polar surface area (TPSA) is 44.8 Å². The molecule has 0 amide bonds. The first kappa shape index (κ1) is 11.4. The van der Waals surface area contributed by atoms with Crippen LogP contribution in [-0.4, -0.2) is 12.5 Å². The molecule has 0 aromatic heterocycles. The summed E-state index contributed by atoms with van der Waals surface area (Å²) in [5, 5.41) is 0. The number of phosphoric acid groups is 1. The van der Waals surface area contributed by atoms with Crippen molar-refractivity contribution in [2.75, 3.05) is 6.61 Å². The molecule has 0 aliphatic carbocycles. The van der Waals surface area contributed by atoms with E-state index in [1.54, 1.807) is 12.1 Å². The molecule has 1 heterocycles. The summed E-state index contributed by atoms with van der Waals surface area (Å²) in [4.78, 5) is 0. The van der Waals surface area contributed by atoms with Gasteiger partial charge in [0.15, 0.2) is 11.5 Å². The van der Waals surface area contributed by atoms with Gasteiger partial charge in [-0.25, -0.2) is 13.3 Å². The maximum Gasteiger partial charge on any atom is 0.588 e. The van der Waals surface area contributed by atoms with Crippen LogP contribution in [0.3, 0.4) is 0 Å². The molecule has 0 bridgehead atoms. The lowest BCUT2D eigenvalue weighted by Crippen LogP contribution is -2.18. The highest BCUT2D eigenvalue weighted by molar-refractivity contribution is 7.49. The largest absolute Gasteiger partial charge is 0.588 e. The predicted molar refractivity (Wildman–Crippen MR) is 51.9 cm³/mol. The first-order chi connectivity index (χ1) is 7.38. The van der Waals surface area contributed by atoms with E-state index >= 15 is 0 Å². The number of halogens is 2. The normalized spacial score (nSPS) is 17.4. The van der Waals surface area contributed by atoms with Crippen LogP contribution in [0.2, 0.25) is 0 Å². The van der Waals surface area contributed by atoms with Gasteiger partial charge in [0, 0.05) is 6.92 Å². The Balaban J connectivity index is 2.07. The van der Waals surface area contributed by atoms with Crippen LogP contribution in [-0.2, 0) is 9.09 Å². The van der Waals surface area contributed by atoms with Gasteiger partial charge in [-0.15, -0.1) is 0 Å². The molecule has 2 rings (SSSR count). The minimum atomic E-state index is -3.93. The summed E-state index contributed by atoms with van der Waals surface area (Å²) in [6, 6.07) is 6.32. The Morgan fingerprint density at radius 2 is 1.81 bits per heavy atom. The molecule has 1 aliphatic rings. The highest BCUT2D eigenvalue weighted by Crippen LogP contribution is 2.58. The molecule has 0 atom stereocenters. The summed E-state index contributed by atoms with van der Waals surface area (Å²) in [5.74, 6) is -2.63. The average molecular weight is 250 g/mol. The standard InChI is InChI=1S/C9H9F2O4P/c1-9(10,11)6-13-16(12)14-7-4-2-3-5-8(7)15-16/h2-5H,6H2,1H3. The zero-order chi connectivity index (χ0) is 11.8. The molecule has 0 spiro atoms. The Labute approximate surface area is 90.7 Å². The van der Waals surface area contributed by atoms with Crippen molar-refractivity contribution < 1.29 is 26.9 Å². The smallest absolute Gasteiger partial charge is 0.391 e. The van der Waals surface area contributed by atoms with E-state index < -0.39 is 20.4 Å². The highest BCUT2D eigenvalue weighted by atomic mass is 31.2. The number of alkyl halides is 2. The van der Waals surface area contributed by atoms with Crippen molar-refractivity contribution in [2.45, 2.75) is 12.8 Å². The van der Waals surface area contributed by atoms with E-state index in [9.17, 15) is 13.3 Å². The maximum atomic E-state index is 12.5. The average Bonchev–Trinajstić information content (AvgIpc) is 2.51. The third-order valence-electron chi connectivity index (χ3n) is 1.75. The monoisotopic (exact) mass is 250 g/mol. The molecule has 0 N–H and O–H groups in total. The molecule has 0 saturated heterocycles. The molecule has 7 heteroatoms. The number of benzene rings is 1. The molecule has 1 aliphatic heterocycles. The minimum Gasteiger partial charge on any atom is -0.391 e. The van der Waals surface area contributed by atoms with Crippen molar-refractivity contribution in [2.24, 2.45) is 0 Å². The van der Waals surface area contributed by atoms with E-state index in [1.165, 1.54) is 12.1 Å². The quantitative estimate of drug-likeness (QED) is 0.772. The number of para-hydroxylation sites is 2. The van der Waals surface area contributed by atoms with Crippen LogP contribution in [0.5, 0.6) is 11.5 Å². The van der Waals surface area contributed by atoms with E-state index in [4.69, 9.17) is 9.05 Å². The van der Waals surface area contributed by atoms with Crippen LogP contribution in [0.15, 0.2) is 24.3 Å². The molecule has 1 aromatic rings. The van der Waals surface area contributed by atoms with Crippen molar-refractivity contribution >= 4 is 7.82 Å². The second-order valence-corrected chi connectivity index (χ2v) is 4.94. The van der Waals surface area contributed by atoms with Gasteiger partial charge in [-0.1, -0.05) is 12.1 Å². The number of hydrogen-bond donors (Lipinski definition) is 0. The molecule has 88 valence electrons. The van der Waals surface area contributed by atoms with E-state index in [0.717, 1.165) is 0 Å². The van der Waals surface area contributed by atoms with Crippen LogP contribution < -0.4 is 9.05 Å². The van der Waals surface area contributed by atoms with Gasteiger partial charge in [0.1, 0.15) is 6.61 Å². The van der Waals surface area contributed by atoms with Gasteiger partial charge in [-0.3, -0.25) is 4.52 Å². The summed E-state index contributed by atoms with van der Waals surface area (Å²) >= 11 is 0. The Hall–Kier alpha value is -1.13.